The number of hydrogen-bond donors (Lipinski definition) is 0. The molecule has 8 heteroatoms. The maximum Gasteiger partial charge on any atom is 0.293 e. The van der Waals surface area contributed by atoms with Gasteiger partial charge < -0.3 is 4.74 Å². The zero-order valence-electron chi connectivity index (χ0n) is 17.1. The van der Waals surface area contributed by atoms with Gasteiger partial charge in [-0.05, 0) is 88.0 Å². The van der Waals surface area contributed by atoms with Gasteiger partial charge in [-0.3, -0.25) is 14.5 Å². The average Bonchev–Trinajstić information content (AvgIpc) is 3.07. The third-order valence-corrected chi connectivity index (χ3v) is 7.03. The molecule has 3 aromatic rings. The fourth-order valence-corrected chi connectivity index (χ4v) is 4.79. The van der Waals surface area contributed by atoms with Crippen LogP contribution in [0.3, 0.4) is 0 Å². The molecule has 0 N–H and O–H groups in total. The smallest absolute Gasteiger partial charge is 0.293 e. The minimum atomic E-state index is -0.388. The fourth-order valence-electron chi connectivity index (χ4n) is 3.22. The van der Waals surface area contributed by atoms with Gasteiger partial charge in [-0.2, -0.15) is 5.26 Å². The number of ether oxygens (including phenoxy) is 1. The molecule has 2 amide bonds. The number of amides is 2. The van der Waals surface area contributed by atoms with Gasteiger partial charge in [0, 0.05) is 13.6 Å². The number of halogens is 2. The number of nitriles is 1. The molecule has 0 bridgehead atoms. The first-order chi connectivity index (χ1) is 15.9. The predicted molar refractivity (Wildman–Crippen MR) is 140 cm³/mol. The molecular weight excluding hydrogens is 615 g/mol. The first kappa shape index (κ1) is 23.5. The molecule has 0 aliphatic carbocycles. The molecule has 164 valence electrons. The highest BCUT2D eigenvalue weighted by molar-refractivity contribution is 14.1. The van der Waals surface area contributed by atoms with Crippen LogP contribution in [0.25, 0.3) is 6.08 Å². The van der Waals surface area contributed by atoms with Gasteiger partial charge in [-0.1, -0.05) is 46.3 Å². The van der Waals surface area contributed by atoms with Crippen LogP contribution in [-0.4, -0.2) is 16.0 Å². The normalized spacial score (nSPS) is 14.6. The lowest BCUT2D eigenvalue weighted by Gasteiger charge is -2.13. The largest absolute Gasteiger partial charge is 0.488 e. The van der Waals surface area contributed by atoms with Crippen LogP contribution in [-0.2, 0) is 17.9 Å². The van der Waals surface area contributed by atoms with Crippen molar-refractivity contribution in [1.82, 2.24) is 4.90 Å². The van der Waals surface area contributed by atoms with Crippen LogP contribution in [0.15, 0.2) is 76.1 Å². The van der Waals surface area contributed by atoms with Gasteiger partial charge in [0.2, 0.25) is 0 Å². The van der Waals surface area contributed by atoms with E-state index in [9.17, 15) is 14.9 Å². The third-order valence-electron chi connectivity index (χ3n) is 4.91. The highest BCUT2D eigenvalue weighted by atomic mass is 127. The Balaban J connectivity index is 1.56. The lowest BCUT2D eigenvalue weighted by atomic mass is 10.1. The van der Waals surface area contributed by atoms with Crippen LogP contribution < -0.4 is 4.74 Å². The van der Waals surface area contributed by atoms with E-state index in [4.69, 9.17) is 4.74 Å². The van der Waals surface area contributed by atoms with E-state index in [0.29, 0.717) is 34.0 Å². The first-order valence-electron chi connectivity index (χ1n) is 9.85. The Hall–Kier alpha value is -2.61. The van der Waals surface area contributed by atoms with Gasteiger partial charge in [-0.25, -0.2) is 0 Å². The lowest BCUT2D eigenvalue weighted by Crippen LogP contribution is -2.27. The maximum atomic E-state index is 13.0. The summed E-state index contributed by atoms with van der Waals surface area (Å²) in [7, 11) is 0. The molecule has 3 aromatic carbocycles. The number of carbonyl (C=O) groups excluding carboxylic acids is 2. The van der Waals surface area contributed by atoms with E-state index in [1.165, 1.54) is 0 Å². The van der Waals surface area contributed by atoms with Crippen LogP contribution in [0.2, 0.25) is 0 Å². The van der Waals surface area contributed by atoms with Gasteiger partial charge in [0.25, 0.3) is 11.1 Å². The van der Waals surface area contributed by atoms with Crippen molar-refractivity contribution in [3.05, 3.63) is 102 Å². The zero-order chi connectivity index (χ0) is 23.4. The Bertz CT molecular complexity index is 1300. The molecule has 0 spiro atoms. The Labute approximate surface area is 217 Å². The van der Waals surface area contributed by atoms with Gasteiger partial charge in [-0.15, -0.1) is 0 Å². The van der Waals surface area contributed by atoms with Gasteiger partial charge >= 0.3 is 0 Å². The summed E-state index contributed by atoms with van der Waals surface area (Å²) in [6, 6.07) is 22.6. The molecule has 0 aromatic heterocycles. The SMILES string of the molecule is N#Cc1ccccc1CN1C(=O)S/C(=C/c2cc(Br)ccc2OCc2ccc(I)cc2)C1=O. The number of benzene rings is 3. The predicted octanol–water partition coefficient (Wildman–Crippen LogP) is 6.74. The van der Waals surface area contributed by atoms with Crippen molar-refractivity contribution in [2.45, 2.75) is 13.2 Å². The molecule has 1 fully saturated rings. The Kier molecular flexibility index (Phi) is 7.53. The fraction of sp³-hybridized carbons (Fsp3) is 0.0800. The summed E-state index contributed by atoms with van der Waals surface area (Å²) in [6.07, 6.45) is 1.68. The summed E-state index contributed by atoms with van der Waals surface area (Å²) in [5.74, 6) is 0.222. The van der Waals surface area contributed by atoms with Crippen molar-refractivity contribution in [3.8, 4) is 11.8 Å². The van der Waals surface area contributed by atoms with E-state index in [1.807, 2.05) is 42.5 Å². The van der Waals surface area contributed by atoms with Crippen molar-refractivity contribution >= 4 is 67.5 Å². The second kappa shape index (κ2) is 10.5. The van der Waals surface area contributed by atoms with Gasteiger partial charge in [0.05, 0.1) is 23.1 Å². The maximum absolute atomic E-state index is 13.0. The standard InChI is InChI=1S/C25H16BrIN2O3S/c26-20-7-10-22(32-15-16-5-8-21(27)9-6-16)19(11-20)12-23-24(30)29(25(31)33-23)14-18-4-2-1-3-17(18)13-28/h1-12H,14-15H2/b23-12+. The molecule has 0 saturated carbocycles. The number of rotatable bonds is 6. The van der Waals surface area contributed by atoms with Crippen molar-refractivity contribution in [3.63, 3.8) is 0 Å². The van der Waals surface area contributed by atoms with Crippen molar-refractivity contribution in [1.29, 1.82) is 5.26 Å². The molecule has 0 atom stereocenters. The molecule has 0 radical (unpaired) electrons. The molecule has 1 heterocycles. The molecule has 1 aliphatic rings. The second-order valence-corrected chi connectivity index (χ2v) is 10.3. The van der Waals surface area contributed by atoms with E-state index >= 15 is 0 Å². The van der Waals surface area contributed by atoms with Crippen LogP contribution in [0.4, 0.5) is 4.79 Å². The van der Waals surface area contributed by atoms with Crippen LogP contribution in [0, 0.1) is 14.9 Å². The number of nitrogens with zero attached hydrogens (tertiary/aromatic N) is 2. The zero-order valence-corrected chi connectivity index (χ0v) is 21.7. The van der Waals surface area contributed by atoms with Crippen LogP contribution in [0.5, 0.6) is 5.75 Å². The Morgan fingerprint density at radius 1 is 1.09 bits per heavy atom. The molecular formula is C25H16BrIN2O3S. The topological polar surface area (TPSA) is 70.4 Å². The highest BCUT2D eigenvalue weighted by Crippen LogP contribution is 2.36. The number of thioether (sulfide) groups is 1. The van der Waals surface area contributed by atoms with E-state index < -0.39 is 0 Å². The van der Waals surface area contributed by atoms with Gasteiger partial charge in [0.15, 0.2) is 0 Å². The molecule has 4 rings (SSSR count). The van der Waals surface area contributed by atoms with Gasteiger partial charge in [0.1, 0.15) is 12.4 Å². The van der Waals surface area contributed by atoms with Crippen LogP contribution in [0.1, 0.15) is 22.3 Å². The van der Waals surface area contributed by atoms with Crippen molar-refractivity contribution in [2.75, 3.05) is 0 Å². The molecule has 1 aliphatic heterocycles. The summed E-state index contributed by atoms with van der Waals surface area (Å²) in [5.41, 5.74) is 2.80. The average molecular weight is 631 g/mol. The summed E-state index contributed by atoms with van der Waals surface area (Å²) >= 11 is 6.60. The minimum absolute atomic E-state index is 0.0559. The Morgan fingerprint density at radius 2 is 1.85 bits per heavy atom. The van der Waals surface area contributed by atoms with E-state index in [1.54, 1.807) is 30.3 Å². The number of hydrogen-bond acceptors (Lipinski definition) is 5. The second-order valence-electron chi connectivity index (χ2n) is 7.13. The van der Waals surface area contributed by atoms with E-state index in [-0.39, 0.29) is 17.7 Å². The Morgan fingerprint density at radius 3 is 2.61 bits per heavy atom. The monoisotopic (exact) mass is 630 g/mol. The molecule has 5 nitrogen and oxygen atoms in total. The lowest BCUT2D eigenvalue weighted by molar-refractivity contribution is -0.123. The van der Waals surface area contributed by atoms with Crippen LogP contribution >= 0.6 is 50.3 Å². The third kappa shape index (κ3) is 5.66. The van der Waals surface area contributed by atoms with Crippen molar-refractivity contribution < 1.29 is 14.3 Å². The summed E-state index contributed by atoms with van der Waals surface area (Å²) in [4.78, 5) is 27.1. The van der Waals surface area contributed by atoms with E-state index in [2.05, 4.69) is 44.6 Å². The number of imide groups is 1. The molecule has 1 saturated heterocycles. The summed E-state index contributed by atoms with van der Waals surface area (Å²) in [6.45, 7) is 0.437. The van der Waals surface area contributed by atoms with E-state index in [0.717, 1.165) is 30.3 Å². The first-order valence-corrected chi connectivity index (χ1v) is 12.5. The summed E-state index contributed by atoms with van der Waals surface area (Å²) in [5, 5.41) is 8.93. The quantitative estimate of drug-likeness (QED) is 0.223. The minimum Gasteiger partial charge on any atom is -0.488 e. The number of carbonyl (C=O) groups is 2. The summed E-state index contributed by atoms with van der Waals surface area (Å²) < 4.78 is 8.00. The highest BCUT2D eigenvalue weighted by Gasteiger charge is 2.35. The molecule has 0 unspecified atom stereocenters. The van der Waals surface area contributed by atoms with Crippen molar-refractivity contribution in [2.24, 2.45) is 0 Å². The molecule has 33 heavy (non-hydrogen) atoms.